The number of hydrogen-bond acceptors (Lipinski definition) is 6. The van der Waals surface area contributed by atoms with E-state index in [1.165, 1.54) is 24.3 Å². The Morgan fingerprint density at radius 1 is 1.32 bits per heavy atom. The molecule has 9 heteroatoms. The zero-order valence-corrected chi connectivity index (χ0v) is 13.6. The van der Waals surface area contributed by atoms with E-state index in [2.05, 4.69) is 4.72 Å². The standard InChI is InChI=1S/C13H17NO6S2/c1-2-20-13(15)10-3-5-12(6-4-10)22(18,19)14-11-7-8-21(16,17)9-11/h3-6,11,14H,2,7-9H2,1H3. The third-order valence-electron chi connectivity index (χ3n) is 3.23. The molecule has 1 atom stereocenters. The van der Waals surface area contributed by atoms with Crippen molar-refractivity contribution in [1.29, 1.82) is 0 Å². The molecule has 0 saturated carbocycles. The molecule has 2 rings (SSSR count). The van der Waals surface area contributed by atoms with Crippen molar-refractivity contribution in [3.63, 3.8) is 0 Å². The Bertz CT molecular complexity index is 752. The molecule has 7 nitrogen and oxygen atoms in total. The minimum atomic E-state index is -3.82. The Balaban J connectivity index is 2.11. The first-order chi connectivity index (χ1) is 10.2. The topological polar surface area (TPSA) is 107 Å². The van der Waals surface area contributed by atoms with Gasteiger partial charge in [0.15, 0.2) is 9.84 Å². The van der Waals surface area contributed by atoms with Crippen LogP contribution in [-0.2, 0) is 24.6 Å². The zero-order valence-electron chi connectivity index (χ0n) is 12.0. The van der Waals surface area contributed by atoms with E-state index in [1.807, 2.05) is 0 Å². The van der Waals surface area contributed by atoms with Crippen molar-refractivity contribution in [3.05, 3.63) is 29.8 Å². The van der Waals surface area contributed by atoms with E-state index in [1.54, 1.807) is 6.92 Å². The summed E-state index contributed by atoms with van der Waals surface area (Å²) in [6, 6.07) is 4.69. The number of benzene rings is 1. The largest absolute Gasteiger partial charge is 0.462 e. The molecule has 1 heterocycles. The highest BCUT2D eigenvalue weighted by Crippen LogP contribution is 2.16. The highest BCUT2D eigenvalue weighted by Gasteiger charge is 2.31. The van der Waals surface area contributed by atoms with Gasteiger partial charge in [0, 0.05) is 6.04 Å². The van der Waals surface area contributed by atoms with E-state index in [4.69, 9.17) is 4.74 Å². The lowest BCUT2D eigenvalue weighted by Gasteiger charge is -2.11. The van der Waals surface area contributed by atoms with Gasteiger partial charge in [-0.2, -0.15) is 0 Å². The first kappa shape index (κ1) is 16.9. The number of carbonyl (C=O) groups excluding carboxylic acids is 1. The zero-order chi connectivity index (χ0) is 16.4. The SMILES string of the molecule is CCOC(=O)c1ccc(S(=O)(=O)NC2CCS(=O)(=O)C2)cc1. The molecular weight excluding hydrogens is 330 g/mol. The van der Waals surface area contributed by atoms with Crippen LogP contribution in [0.25, 0.3) is 0 Å². The second-order valence-electron chi connectivity index (χ2n) is 4.97. The van der Waals surface area contributed by atoms with Crippen LogP contribution in [0.5, 0.6) is 0 Å². The summed E-state index contributed by atoms with van der Waals surface area (Å²) in [7, 11) is -6.98. The smallest absolute Gasteiger partial charge is 0.338 e. The van der Waals surface area contributed by atoms with Crippen LogP contribution in [-0.4, -0.2) is 47.0 Å². The van der Waals surface area contributed by atoms with Crippen LogP contribution in [0, 0.1) is 0 Å². The first-order valence-electron chi connectivity index (χ1n) is 6.73. The van der Waals surface area contributed by atoms with Crippen molar-refractivity contribution in [3.8, 4) is 0 Å². The van der Waals surface area contributed by atoms with Gasteiger partial charge in [-0.25, -0.2) is 26.4 Å². The molecule has 1 aromatic carbocycles. The lowest BCUT2D eigenvalue weighted by Crippen LogP contribution is -2.35. The van der Waals surface area contributed by atoms with Gasteiger partial charge in [-0.3, -0.25) is 0 Å². The predicted octanol–water partition coefficient (Wildman–Crippen LogP) is 0.329. The second-order valence-corrected chi connectivity index (χ2v) is 8.91. The number of carbonyl (C=O) groups is 1. The van der Waals surface area contributed by atoms with Crippen molar-refractivity contribution >= 4 is 25.8 Å². The Kier molecular flexibility index (Phi) is 4.88. The van der Waals surface area contributed by atoms with E-state index < -0.39 is 31.9 Å². The summed E-state index contributed by atoms with van der Waals surface area (Å²) < 4.78 is 54.3. The van der Waals surface area contributed by atoms with Crippen molar-refractivity contribution in [2.45, 2.75) is 24.3 Å². The highest BCUT2D eigenvalue weighted by atomic mass is 32.2. The van der Waals surface area contributed by atoms with Gasteiger partial charge >= 0.3 is 5.97 Å². The molecule has 1 aromatic rings. The van der Waals surface area contributed by atoms with E-state index in [0.717, 1.165) is 0 Å². The molecule has 122 valence electrons. The number of rotatable bonds is 5. The Hall–Kier alpha value is -1.45. The second kappa shape index (κ2) is 6.35. The van der Waals surface area contributed by atoms with Crippen LogP contribution in [0.4, 0.5) is 0 Å². The van der Waals surface area contributed by atoms with Crippen molar-refractivity contribution < 1.29 is 26.4 Å². The van der Waals surface area contributed by atoms with Crippen LogP contribution in [0.2, 0.25) is 0 Å². The molecule has 0 radical (unpaired) electrons. The van der Waals surface area contributed by atoms with E-state index in [9.17, 15) is 21.6 Å². The van der Waals surface area contributed by atoms with Crippen molar-refractivity contribution in [2.75, 3.05) is 18.1 Å². The van der Waals surface area contributed by atoms with Gasteiger partial charge in [0.1, 0.15) is 0 Å². The quantitative estimate of drug-likeness (QED) is 0.769. The minimum Gasteiger partial charge on any atom is -0.462 e. The lowest BCUT2D eigenvalue weighted by molar-refractivity contribution is 0.0526. The molecule has 0 aromatic heterocycles. The van der Waals surface area contributed by atoms with Gasteiger partial charge in [-0.1, -0.05) is 0 Å². The number of sulfonamides is 1. The Morgan fingerprint density at radius 2 is 1.95 bits per heavy atom. The van der Waals surface area contributed by atoms with Gasteiger partial charge in [0.2, 0.25) is 10.0 Å². The molecule has 1 unspecified atom stereocenters. The van der Waals surface area contributed by atoms with Gasteiger partial charge in [0.25, 0.3) is 0 Å². The van der Waals surface area contributed by atoms with Crippen molar-refractivity contribution in [1.82, 2.24) is 4.72 Å². The molecule has 0 bridgehead atoms. The summed E-state index contributed by atoms with van der Waals surface area (Å²) in [5.41, 5.74) is 0.254. The molecule has 1 saturated heterocycles. The normalized spacial score (nSPS) is 20.7. The summed E-state index contributed by atoms with van der Waals surface area (Å²) in [6.45, 7) is 1.91. The summed E-state index contributed by atoms with van der Waals surface area (Å²) >= 11 is 0. The Morgan fingerprint density at radius 3 is 2.45 bits per heavy atom. The number of sulfone groups is 1. The number of ether oxygens (including phenoxy) is 1. The first-order valence-corrected chi connectivity index (χ1v) is 10.0. The fourth-order valence-corrected chi connectivity index (χ4v) is 5.21. The summed E-state index contributed by atoms with van der Waals surface area (Å²) in [5, 5.41) is 0. The number of esters is 1. The maximum absolute atomic E-state index is 12.2. The van der Waals surface area contributed by atoms with Gasteiger partial charge < -0.3 is 4.74 Å². The number of nitrogens with one attached hydrogen (secondary N) is 1. The van der Waals surface area contributed by atoms with Crippen LogP contribution in [0.15, 0.2) is 29.2 Å². The molecule has 0 spiro atoms. The summed E-state index contributed by atoms with van der Waals surface area (Å²) in [6.07, 6.45) is 0.266. The maximum atomic E-state index is 12.2. The monoisotopic (exact) mass is 347 g/mol. The minimum absolute atomic E-state index is 0.0119. The molecule has 22 heavy (non-hydrogen) atoms. The fourth-order valence-electron chi connectivity index (χ4n) is 2.16. The molecule has 1 N–H and O–H groups in total. The summed E-state index contributed by atoms with van der Waals surface area (Å²) in [4.78, 5) is 11.5. The van der Waals surface area contributed by atoms with Crippen LogP contribution in [0.3, 0.4) is 0 Å². The molecule has 1 aliphatic rings. The van der Waals surface area contributed by atoms with Gasteiger partial charge in [-0.05, 0) is 37.6 Å². The molecule has 1 fully saturated rings. The third-order valence-corrected chi connectivity index (χ3v) is 6.53. The average Bonchev–Trinajstić information content (AvgIpc) is 2.77. The van der Waals surface area contributed by atoms with Gasteiger partial charge in [-0.15, -0.1) is 0 Å². The molecule has 0 amide bonds. The summed E-state index contributed by atoms with van der Waals surface area (Å²) in [5.74, 6) is -0.726. The third kappa shape index (κ3) is 4.05. The van der Waals surface area contributed by atoms with Crippen LogP contribution < -0.4 is 4.72 Å². The lowest BCUT2D eigenvalue weighted by atomic mass is 10.2. The predicted molar refractivity (Wildman–Crippen MR) is 79.8 cm³/mol. The molecule has 0 aliphatic carbocycles. The van der Waals surface area contributed by atoms with E-state index in [-0.39, 0.29) is 35.0 Å². The van der Waals surface area contributed by atoms with Crippen molar-refractivity contribution in [2.24, 2.45) is 0 Å². The van der Waals surface area contributed by atoms with E-state index >= 15 is 0 Å². The molecule has 1 aliphatic heterocycles. The molecular formula is C13H17NO6S2. The fraction of sp³-hybridized carbons (Fsp3) is 0.462. The van der Waals surface area contributed by atoms with Crippen LogP contribution >= 0.6 is 0 Å². The van der Waals surface area contributed by atoms with Gasteiger partial charge in [0.05, 0.1) is 28.6 Å². The maximum Gasteiger partial charge on any atom is 0.338 e. The highest BCUT2D eigenvalue weighted by molar-refractivity contribution is 7.92. The number of hydrogen-bond donors (Lipinski definition) is 1. The Labute approximate surface area is 129 Å². The average molecular weight is 347 g/mol. The van der Waals surface area contributed by atoms with Crippen LogP contribution in [0.1, 0.15) is 23.7 Å². The van der Waals surface area contributed by atoms with E-state index in [0.29, 0.717) is 0 Å².